The molecule has 172 valence electrons. The lowest BCUT2D eigenvalue weighted by Crippen LogP contribution is -2.14. The Bertz CT molecular complexity index is 1280. The van der Waals surface area contributed by atoms with E-state index in [0.717, 1.165) is 17.1 Å². The summed E-state index contributed by atoms with van der Waals surface area (Å²) in [4.78, 5) is 23.6. The topological polar surface area (TPSA) is 82.2 Å². The van der Waals surface area contributed by atoms with Crippen molar-refractivity contribution < 1.29 is 4.79 Å². The maximum absolute atomic E-state index is 12.6. The lowest BCUT2D eigenvalue weighted by Gasteiger charge is -2.14. The average Bonchev–Trinajstić information content (AvgIpc) is 2.81. The van der Waals surface area contributed by atoms with Crippen molar-refractivity contribution in [2.75, 3.05) is 34.9 Å². The summed E-state index contributed by atoms with van der Waals surface area (Å²) in [7, 11) is 3.90. The van der Waals surface area contributed by atoms with Crippen LogP contribution < -0.4 is 20.9 Å². The maximum atomic E-state index is 12.6. The highest BCUT2D eigenvalue weighted by molar-refractivity contribution is 6.04. The zero-order valence-corrected chi connectivity index (χ0v) is 19.8. The first-order chi connectivity index (χ1) is 16.4. The van der Waals surface area contributed by atoms with Crippen LogP contribution in [0.2, 0.25) is 0 Å². The second kappa shape index (κ2) is 10.0. The third-order valence-corrected chi connectivity index (χ3v) is 5.20. The number of aryl methyl sites for hydroxylation is 2. The van der Waals surface area contributed by atoms with E-state index in [4.69, 9.17) is 0 Å². The van der Waals surface area contributed by atoms with E-state index in [1.165, 1.54) is 5.56 Å². The van der Waals surface area contributed by atoms with Gasteiger partial charge in [0.05, 0.1) is 0 Å². The van der Waals surface area contributed by atoms with Crippen LogP contribution in [0.15, 0.2) is 78.9 Å². The number of benzene rings is 3. The number of hydrogen-bond donors (Lipinski definition) is 3. The molecule has 0 atom stereocenters. The molecule has 34 heavy (non-hydrogen) atoms. The summed E-state index contributed by atoms with van der Waals surface area (Å²) in [6.45, 7) is 3.91. The first kappa shape index (κ1) is 22.8. The van der Waals surface area contributed by atoms with Crippen molar-refractivity contribution in [3.05, 3.63) is 95.8 Å². The molecular weight excluding hydrogens is 424 g/mol. The van der Waals surface area contributed by atoms with Gasteiger partial charge in [-0.25, -0.2) is 9.97 Å². The SMILES string of the molecule is Cc1ccc(Nc2cc(Nc3ccc(NC(=O)c4cccc(N(C)C)c4)cc3)nc(C)n2)cc1. The minimum absolute atomic E-state index is 0.150. The molecule has 7 heteroatoms. The Labute approximate surface area is 199 Å². The van der Waals surface area contributed by atoms with Gasteiger partial charge >= 0.3 is 0 Å². The zero-order valence-electron chi connectivity index (χ0n) is 19.8. The Morgan fingerprint density at radius 3 is 1.88 bits per heavy atom. The summed E-state index contributed by atoms with van der Waals surface area (Å²) in [6, 6.07) is 25.0. The minimum Gasteiger partial charge on any atom is -0.378 e. The maximum Gasteiger partial charge on any atom is 0.255 e. The summed E-state index contributed by atoms with van der Waals surface area (Å²) in [6.07, 6.45) is 0. The van der Waals surface area contributed by atoms with Gasteiger partial charge in [0.2, 0.25) is 0 Å². The van der Waals surface area contributed by atoms with Crippen LogP contribution in [0.4, 0.5) is 34.4 Å². The van der Waals surface area contributed by atoms with E-state index in [-0.39, 0.29) is 5.91 Å². The summed E-state index contributed by atoms with van der Waals surface area (Å²) >= 11 is 0. The second-order valence-corrected chi connectivity index (χ2v) is 8.28. The molecule has 1 aromatic heterocycles. The van der Waals surface area contributed by atoms with Crippen molar-refractivity contribution in [2.24, 2.45) is 0 Å². The Morgan fingerprint density at radius 1 is 0.735 bits per heavy atom. The number of carbonyl (C=O) groups excluding carboxylic acids is 1. The van der Waals surface area contributed by atoms with Gasteiger partial charge in [-0.2, -0.15) is 0 Å². The van der Waals surface area contributed by atoms with Gasteiger partial charge in [-0.05, 0) is 68.4 Å². The van der Waals surface area contributed by atoms with E-state index in [2.05, 4.69) is 45.0 Å². The van der Waals surface area contributed by atoms with Crippen molar-refractivity contribution in [1.82, 2.24) is 9.97 Å². The molecule has 7 nitrogen and oxygen atoms in total. The minimum atomic E-state index is -0.150. The fourth-order valence-electron chi connectivity index (χ4n) is 3.39. The van der Waals surface area contributed by atoms with Crippen LogP contribution in [0.1, 0.15) is 21.7 Å². The number of amides is 1. The molecule has 0 bridgehead atoms. The van der Waals surface area contributed by atoms with Crippen molar-refractivity contribution in [3.63, 3.8) is 0 Å². The average molecular weight is 453 g/mol. The monoisotopic (exact) mass is 452 g/mol. The molecule has 0 saturated heterocycles. The fourth-order valence-corrected chi connectivity index (χ4v) is 3.39. The van der Waals surface area contributed by atoms with E-state index in [9.17, 15) is 4.79 Å². The molecule has 0 spiro atoms. The Morgan fingerprint density at radius 2 is 1.29 bits per heavy atom. The van der Waals surface area contributed by atoms with Crippen molar-refractivity contribution in [1.29, 1.82) is 0 Å². The third-order valence-electron chi connectivity index (χ3n) is 5.20. The van der Waals surface area contributed by atoms with E-state index in [0.29, 0.717) is 28.7 Å². The molecule has 0 fully saturated rings. The van der Waals surface area contributed by atoms with Gasteiger partial charge in [-0.3, -0.25) is 4.79 Å². The van der Waals surface area contributed by atoms with Gasteiger partial charge in [0.25, 0.3) is 5.91 Å². The third kappa shape index (κ3) is 5.89. The van der Waals surface area contributed by atoms with Crippen molar-refractivity contribution >= 4 is 40.3 Å². The molecule has 0 saturated carbocycles. The smallest absolute Gasteiger partial charge is 0.255 e. The number of hydrogen-bond acceptors (Lipinski definition) is 6. The van der Waals surface area contributed by atoms with Gasteiger partial charge in [-0.1, -0.05) is 23.8 Å². The number of nitrogens with zero attached hydrogens (tertiary/aromatic N) is 3. The summed E-state index contributed by atoms with van der Waals surface area (Å²) < 4.78 is 0. The van der Waals surface area contributed by atoms with E-state index < -0.39 is 0 Å². The molecule has 3 N–H and O–H groups in total. The predicted molar refractivity (Wildman–Crippen MR) is 140 cm³/mol. The number of nitrogens with one attached hydrogen (secondary N) is 3. The molecule has 0 unspecified atom stereocenters. The number of aromatic nitrogens is 2. The van der Waals surface area contributed by atoms with Crippen LogP contribution >= 0.6 is 0 Å². The molecule has 0 aliphatic heterocycles. The van der Waals surface area contributed by atoms with E-state index in [1.54, 1.807) is 6.07 Å². The molecular formula is C27H28N6O. The highest BCUT2D eigenvalue weighted by Crippen LogP contribution is 2.22. The lowest BCUT2D eigenvalue weighted by molar-refractivity contribution is 0.102. The largest absolute Gasteiger partial charge is 0.378 e. The summed E-state index contributed by atoms with van der Waals surface area (Å²) in [5.74, 6) is 1.90. The summed E-state index contributed by atoms with van der Waals surface area (Å²) in [5, 5.41) is 9.56. The van der Waals surface area contributed by atoms with Crippen molar-refractivity contribution in [3.8, 4) is 0 Å². The number of anilines is 6. The highest BCUT2D eigenvalue weighted by atomic mass is 16.1. The molecule has 4 rings (SSSR count). The second-order valence-electron chi connectivity index (χ2n) is 8.28. The lowest BCUT2D eigenvalue weighted by atomic mass is 10.1. The molecule has 0 aliphatic rings. The van der Waals surface area contributed by atoms with E-state index >= 15 is 0 Å². The Kier molecular flexibility index (Phi) is 6.73. The first-order valence-electron chi connectivity index (χ1n) is 11.0. The van der Waals surface area contributed by atoms with Gasteiger partial charge < -0.3 is 20.9 Å². The van der Waals surface area contributed by atoms with Gasteiger partial charge in [0.15, 0.2) is 0 Å². The predicted octanol–water partition coefficient (Wildman–Crippen LogP) is 5.90. The highest BCUT2D eigenvalue weighted by Gasteiger charge is 2.08. The normalized spacial score (nSPS) is 10.5. The number of carbonyl (C=O) groups is 1. The summed E-state index contributed by atoms with van der Waals surface area (Å²) in [5.41, 5.74) is 5.32. The number of rotatable bonds is 7. The molecule has 3 aromatic carbocycles. The van der Waals surface area contributed by atoms with Crippen LogP contribution in [0, 0.1) is 13.8 Å². The van der Waals surface area contributed by atoms with E-state index in [1.807, 2.05) is 86.6 Å². The Hall–Kier alpha value is -4.39. The van der Waals surface area contributed by atoms with Crippen LogP contribution in [0.5, 0.6) is 0 Å². The molecule has 1 heterocycles. The molecule has 0 radical (unpaired) electrons. The zero-order chi connectivity index (χ0) is 24.1. The van der Waals surface area contributed by atoms with Crippen LogP contribution in [-0.4, -0.2) is 30.0 Å². The molecule has 4 aromatic rings. The fraction of sp³-hybridized carbons (Fsp3) is 0.148. The van der Waals surface area contributed by atoms with Gasteiger partial charge in [0, 0.05) is 48.5 Å². The first-order valence-corrected chi connectivity index (χ1v) is 11.0. The molecule has 0 aliphatic carbocycles. The van der Waals surface area contributed by atoms with Gasteiger partial charge in [-0.15, -0.1) is 0 Å². The standard InChI is InChI=1S/C27H28N6O/c1-18-8-10-21(11-9-18)30-25-17-26(29-19(2)28-25)31-22-12-14-23(15-13-22)32-27(34)20-6-5-7-24(16-20)33(3)4/h5-17H,1-4H3,(H,32,34)(H2,28,29,30,31). The van der Waals surface area contributed by atoms with Crippen LogP contribution in [-0.2, 0) is 0 Å². The van der Waals surface area contributed by atoms with Crippen LogP contribution in [0.25, 0.3) is 0 Å². The van der Waals surface area contributed by atoms with Crippen molar-refractivity contribution in [2.45, 2.75) is 13.8 Å². The quantitative estimate of drug-likeness (QED) is 0.324. The Balaban J connectivity index is 1.42. The van der Waals surface area contributed by atoms with Gasteiger partial charge in [0.1, 0.15) is 17.5 Å². The van der Waals surface area contributed by atoms with Crippen LogP contribution in [0.3, 0.4) is 0 Å². The molecule has 1 amide bonds.